The van der Waals surface area contributed by atoms with Gasteiger partial charge in [0.05, 0.1) is 24.5 Å². The van der Waals surface area contributed by atoms with Gasteiger partial charge in [-0.2, -0.15) is 0 Å². The van der Waals surface area contributed by atoms with E-state index in [1.54, 1.807) is 13.2 Å². The van der Waals surface area contributed by atoms with E-state index < -0.39 is 6.10 Å². The molecule has 0 heterocycles. The summed E-state index contributed by atoms with van der Waals surface area (Å²) >= 11 is 0. The second-order valence-corrected chi connectivity index (χ2v) is 4.41. The van der Waals surface area contributed by atoms with Crippen LogP contribution in [0.15, 0.2) is 18.2 Å². The van der Waals surface area contributed by atoms with Crippen LogP contribution < -0.4 is 15.8 Å². The molecule has 0 radical (unpaired) electrons. The molecular formula is C13H22N2O3. The Morgan fingerprint density at radius 1 is 1.39 bits per heavy atom. The molecule has 0 saturated carbocycles. The van der Waals surface area contributed by atoms with Gasteiger partial charge in [-0.1, -0.05) is 0 Å². The van der Waals surface area contributed by atoms with Crippen molar-refractivity contribution in [2.75, 3.05) is 31.3 Å². The standard InChI is InChI=1S/C13H22N2O3/c1-9(2)18-13-6-10(4-5-12(13)14)15-7-11(16)8-17-3/h4-6,9,11,15-16H,7-8,14H2,1-3H3. The zero-order chi connectivity index (χ0) is 13.5. The van der Waals surface area contributed by atoms with E-state index in [9.17, 15) is 5.11 Å². The molecule has 0 saturated heterocycles. The lowest BCUT2D eigenvalue weighted by Gasteiger charge is -2.15. The summed E-state index contributed by atoms with van der Waals surface area (Å²) in [5.41, 5.74) is 7.28. The van der Waals surface area contributed by atoms with Gasteiger partial charge in [0.2, 0.25) is 0 Å². The fourth-order valence-corrected chi connectivity index (χ4v) is 1.49. The number of nitrogens with one attached hydrogen (secondary N) is 1. The number of nitrogens with two attached hydrogens (primary N) is 1. The highest BCUT2D eigenvalue weighted by Crippen LogP contribution is 2.26. The number of anilines is 2. The van der Waals surface area contributed by atoms with Crippen molar-refractivity contribution < 1.29 is 14.6 Å². The van der Waals surface area contributed by atoms with E-state index in [4.69, 9.17) is 15.2 Å². The van der Waals surface area contributed by atoms with E-state index in [1.165, 1.54) is 0 Å². The minimum atomic E-state index is -0.540. The van der Waals surface area contributed by atoms with Crippen molar-refractivity contribution in [1.29, 1.82) is 0 Å². The molecule has 0 amide bonds. The van der Waals surface area contributed by atoms with E-state index in [0.29, 0.717) is 24.6 Å². The molecule has 18 heavy (non-hydrogen) atoms. The van der Waals surface area contributed by atoms with Crippen molar-refractivity contribution in [3.05, 3.63) is 18.2 Å². The summed E-state index contributed by atoms with van der Waals surface area (Å²) in [4.78, 5) is 0. The molecular weight excluding hydrogens is 232 g/mol. The molecule has 5 heteroatoms. The molecule has 0 bridgehead atoms. The third kappa shape index (κ3) is 4.81. The Morgan fingerprint density at radius 3 is 2.72 bits per heavy atom. The largest absolute Gasteiger partial charge is 0.489 e. The third-order valence-corrected chi connectivity index (χ3v) is 2.28. The lowest BCUT2D eigenvalue weighted by Crippen LogP contribution is -2.24. The van der Waals surface area contributed by atoms with Crippen molar-refractivity contribution >= 4 is 11.4 Å². The van der Waals surface area contributed by atoms with E-state index in [2.05, 4.69) is 5.32 Å². The Balaban J connectivity index is 2.61. The second kappa shape index (κ2) is 7.08. The summed E-state index contributed by atoms with van der Waals surface area (Å²) in [6.45, 7) is 4.61. The number of benzene rings is 1. The molecule has 0 aliphatic heterocycles. The molecule has 5 nitrogen and oxygen atoms in total. The average Bonchev–Trinajstić information content (AvgIpc) is 2.30. The molecule has 1 unspecified atom stereocenters. The maximum atomic E-state index is 9.54. The van der Waals surface area contributed by atoms with Crippen LogP contribution in [0.25, 0.3) is 0 Å². The normalized spacial score (nSPS) is 12.5. The Labute approximate surface area is 108 Å². The molecule has 0 aliphatic carbocycles. The second-order valence-electron chi connectivity index (χ2n) is 4.41. The van der Waals surface area contributed by atoms with Crippen molar-refractivity contribution in [1.82, 2.24) is 0 Å². The van der Waals surface area contributed by atoms with Crippen molar-refractivity contribution in [2.45, 2.75) is 26.1 Å². The predicted molar refractivity (Wildman–Crippen MR) is 73.0 cm³/mol. The Morgan fingerprint density at radius 2 is 2.11 bits per heavy atom. The van der Waals surface area contributed by atoms with Crippen LogP contribution in [0.1, 0.15) is 13.8 Å². The first-order chi connectivity index (χ1) is 8.52. The highest BCUT2D eigenvalue weighted by molar-refractivity contribution is 5.61. The SMILES string of the molecule is COCC(O)CNc1ccc(N)c(OC(C)C)c1. The van der Waals surface area contributed by atoms with Crippen LogP contribution >= 0.6 is 0 Å². The summed E-state index contributed by atoms with van der Waals surface area (Å²) in [6.07, 6.45) is -0.469. The smallest absolute Gasteiger partial charge is 0.144 e. The first-order valence-electron chi connectivity index (χ1n) is 6.00. The molecule has 1 aromatic rings. The fourth-order valence-electron chi connectivity index (χ4n) is 1.49. The molecule has 0 spiro atoms. The van der Waals surface area contributed by atoms with E-state index in [0.717, 1.165) is 5.69 Å². The number of aliphatic hydroxyl groups excluding tert-OH is 1. The Bertz CT molecular complexity index is 369. The number of aliphatic hydroxyl groups is 1. The topological polar surface area (TPSA) is 76.7 Å². The maximum absolute atomic E-state index is 9.54. The number of rotatable bonds is 7. The quantitative estimate of drug-likeness (QED) is 0.642. The number of nitrogen functional groups attached to an aromatic ring is 1. The van der Waals surface area contributed by atoms with E-state index in [1.807, 2.05) is 26.0 Å². The Hall–Kier alpha value is -1.46. The molecule has 102 valence electrons. The van der Waals surface area contributed by atoms with Crippen molar-refractivity contribution in [2.24, 2.45) is 0 Å². The molecule has 1 aromatic carbocycles. The van der Waals surface area contributed by atoms with Gasteiger partial charge in [0.25, 0.3) is 0 Å². The van der Waals surface area contributed by atoms with Crippen LogP contribution in [0.2, 0.25) is 0 Å². The average molecular weight is 254 g/mol. The van der Waals surface area contributed by atoms with E-state index >= 15 is 0 Å². The number of hydrogen-bond acceptors (Lipinski definition) is 5. The molecule has 0 aliphatic rings. The lowest BCUT2D eigenvalue weighted by molar-refractivity contribution is 0.0727. The van der Waals surface area contributed by atoms with Crippen LogP contribution in [-0.4, -0.2) is 37.6 Å². The number of methoxy groups -OCH3 is 1. The summed E-state index contributed by atoms with van der Waals surface area (Å²) in [5.74, 6) is 0.649. The first kappa shape index (κ1) is 14.6. The summed E-state index contributed by atoms with van der Waals surface area (Å²) in [6, 6.07) is 5.46. The van der Waals surface area contributed by atoms with Gasteiger partial charge in [-0.05, 0) is 26.0 Å². The van der Waals surface area contributed by atoms with Gasteiger partial charge < -0.3 is 25.6 Å². The Kier molecular flexibility index (Phi) is 5.74. The van der Waals surface area contributed by atoms with Gasteiger partial charge in [-0.15, -0.1) is 0 Å². The molecule has 0 aromatic heterocycles. The maximum Gasteiger partial charge on any atom is 0.144 e. The third-order valence-electron chi connectivity index (χ3n) is 2.28. The van der Waals surface area contributed by atoms with Crippen LogP contribution in [0, 0.1) is 0 Å². The van der Waals surface area contributed by atoms with Gasteiger partial charge in [0, 0.05) is 25.4 Å². The monoisotopic (exact) mass is 254 g/mol. The molecule has 1 atom stereocenters. The lowest BCUT2D eigenvalue weighted by atomic mass is 10.2. The zero-order valence-electron chi connectivity index (χ0n) is 11.1. The zero-order valence-corrected chi connectivity index (χ0v) is 11.1. The molecule has 1 rings (SSSR count). The van der Waals surface area contributed by atoms with Gasteiger partial charge in [0.1, 0.15) is 5.75 Å². The number of ether oxygens (including phenoxy) is 2. The summed E-state index contributed by atoms with van der Waals surface area (Å²) in [7, 11) is 1.56. The summed E-state index contributed by atoms with van der Waals surface area (Å²) in [5, 5.41) is 12.6. The van der Waals surface area contributed by atoms with Crippen molar-refractivity contribution in [3.8, 4) is 5.75 Å². The molecule has 4 N–H and O–H groups in total. The fraction of sp³-hybridized carbons (Fsp3) is 0.538. The highest BCUT2D eigenvalue weighted by Gasteiger charge is 2.06. The first-order valence-corrected chi connectivity index (χ1v) is 6.00. The number of hydrogen-bond donors (Lipinski definition) is 3. The predicted octanol–water partition coefficient (Wildman–Crippen LogP) is 1.48. The highest BCUT2D eigenvalue weighted by atomic mass is 16.5. The van der Waals surface area contributed by atoms with Gasteiger partial charge in [-0.25, -0.2) is 0 Å². The minimum Gasteiger partial charge on any atom is -0.489 e. The van der Waals surface area contributed by atoms with E-state index in [-0.39, 0.29) is 6.10 Å². The van der Waals surface area contributed by atoms with Gasteiger partial charge >= 0.3 is 0 Å². The van der Waals surface area contributed by atoms with Crippen LogP contribution in [0.4, 0.5) is 11.4 Å². The van der Waals surface area contributed by atoms with Crippen LogP contribution in [-0.2, 0) is 4.74 Å². The minimum absolute atomic E-state index is 0.0710. The van der Waals surface area contributed by atoms with Crippen LogP contribution in [0.5, 0.6) is 5.75 Å². The molecule has 0 fully saturated rings. The van der Waals surface area contributed by atoms with Gasteiger partial charge in [-0.3, -0.25) is 0 Å². The van der Waals surface area contributed by atoms with Crippen LogP contribution in [0.3, 0.4) is 0 Å². The summed E-state index contributed by atoms with van der Waals surface area (Å²) < 4.78 is 10.4. The van der Waals surface area contributed by atoms with Crippen molar-refractivity contribution in [3.63, 3.8) is 0 Å². The van der Waals surface area contributed by atoms with Gasteiger partial charge in [0.15, 0.2) is 0 Å².